The van der Waals surface area contributed by atoms with Crippen LogP contribution in [-0.4, -0.2) is 24.0 Å². The largest absolute Gasteiger partial charge is 0.453 e. The number of anilines is 1. The van der Waals surface area contributed by atoms with Gasteiger partial charge in [-0.2, -0.15) is 0 Å². The number of esters is 1. The predicted molar refractivity (Wildman–Crippen MR) is 93.8 cm³/mol. The van der Waals surface area contributed by atoms with Gasteiger partial charge in [0.1, 0.15) is 5.75 Å². The summed E-state index contributed by atoms with van der Waals surface area (Å²) in [4.78, 5) is 24.1. The third-order valence-corrected chi connectivity index (χ3v) is 6.34. The summed E-state index contributed by atoms with van der Waals surface area (Å²) in [5.41, 5.74) is 0.0777. The van der Waals surface area contributed by atoms with Crippen LogP contribution in [0.2, 0.25) is 0 Å². The highest BCUT2D eigenvalue weighted by Crippen LogP contribution is 2.64. The van der Waals surface area contributed by atoms with Gasteiger partial charge in [0.2, 0.25) is 0 Å². The fourth-order valence-corrected chi connectivity index (χ4v) is 6.10. The van der Waals surface area contributed by atoms with Crippen molar-refractivity contribution in [2.24, 2.45) is 17.3 Å². The minimum Gasteiger partial charge on any atom is -0.453 e. The van der Waals surface area contributed by atoms with Crippen molar-refractivity contribution >= 4 is 29.4 Å². The van der Waals surface area contributed by atoms with Gasteiger partial charge in [-0.25, -0.2) is 4.79 Å². The second-order valence-electron chi connectivity index (χ2n) is 7.93. The number of ether oxygens (including phenoxy) is 2. The molecule has 0 spiro atoms. The molecule has 0 unspecified atom stereocenters. The maximum absolute atomic E-state index is 13.0. The second kappa shape index (κ2) is 5.90. The van der Waals surface area contributed by atoms with Gasteiger partial charge in [-0.3, -0.25) is 10.1 Å². The van der Waals surface area contributed by atoms with Gasteiger partial charge in [0, 0.05) is 16.6 Å². The zero-order valence-electron chi connectivity index (χ0n) is 14.2. The first kappa shape index (κ1) is 16.7. The van der Waals surface area contributed by atoms with Crippen LogP contribution in [0.5, 0.6) is 5.75 Å². The lowest BCUT2D eigenvalue weighted by molar-refractivity contribution is -0.159. The standard InChI is InChI=1S/C19H22ClNO4/c1-24-17(23)21-14-3-2-4-15(6-14)25-16(22)18-7-12-5-13(8-18)10-19(20,9-12)11-18/h2-4,6,12-13H,5,7-11H2,1H3,(H,21,23)/t12-,13-,18?,19?/m1/s1. The molecule has 4 aliphatic carbocycles. The first-order valence-corrected chi connectivity index (χ1v) is 9.14. The topological polar surface area (TPSA) is 64.6 Å². The summed E-state index contributed by atoms with van der Waals surface area (Å²) in [7, 11) is 1.30. The number of methoxy groups -OCH3 is 1. The van der Waals surface area contributed by atoms with Crippen LogP contribution in [0.1, 0.15) is 38.5 Å². The van der Waals surface area contributed by atoms with E-state index in [0.29, 0.717) is 29.7 Å². The first-order chi connectivity index (χ1) is 11.9. The SMILES string of the molecule is COC(=O)Nc1cccc(OC(=O)C23C[C@H]4C[C@@H](CC(Cl)(C4)C2)C3)c1. The Morgan fingerprint density at radius 3 is 2.56 bits per heavy atom. The van der Waals surface area contributed by atoms with Crippen LogP contribution >= 0.6 is 11.6 Å². The van der Waals surface area contributed by atoms with E-state index < -0.39 is 11.5 Å². The average molecular weight is 364 g/mol. The van der Waals surface area contributed by atoms with Gasteiger partial charge in [-0.05, 0) is 62.5 Å². The van der Waals surface area contributed by atoms with E-state index >= 15 is 0 Å². The Kier molecular flexibility index (Phi) is 3.95. The highest BCUT2D eigenvalue weighted by molar-refractivity contribution is 6.24. The van der Waals surface area contributed by atoms with E-state index in [4.69, 9.17) is 16.3 Å². The Balaban J connectivity index is 1.51. The van der Waals surface area contributed by atoms with Crippen LogP contribution in [-0.2, 0) is 9.53 Å². The third kappa shape index (κ3) is 3.10. The van der Waals surface area contributed by atoms with Crippen molar-refractivity contribution in [2.75, 3.05) is 12.4 Å². The van der Waals surface area contributed by atoms with Crippen molar-refractivity contribution in [3.05, 3.63) is 24.3 Å². The molecule has 0 aliphatic heterocycles. The van der Waals surface area contributed by atoms with E-state index in [1.165, 1.54) is 13.5 Å². The Morgan fingerprint density at radius 1 is 1.20 bits per heavy atom. The molecule has 5 rings (SSSR count). The number of hydrogen-bond acceptors (Lipinski definition) is 4. The lowest BCUT2D eigenvalue weighted by Crippen LogP contribution is -2.56. The molecule has 0 radical (unpaired) electrons. The van der Waals surface area contributed by atoms with E-state index in [9.17, 15) is 9.59 Å². The normalized spacial score (nSPS) is 35.3. The van der Waals surface area contributed by atoms with Gasteiger partial charge in [-0.1, -0.05) is 6.07 Å². The minimum absolute atomic E-state index is 0.179. The molecule has 0 saturated heterocycles. The average Bonchev–Trinajstić information content (AvgIpc) is 2.52. The fourth-order valence-electron chi connectivity index (χ4n) is 5.41. The lowest BCUT2D eigenvalue weighted by atomic mass is 9.49. The number of amides is 1. The van der Waals surface area contributed by atoms with Crippen molar-refractivity contribution in [1.82, 2.24) is 0 Å². The number of hydrogen-bond donors (Lipinski definition) is 1. The van der Waals surface area contributed by atoms with E-state index in [-0.39, 0.29) is 10.8 Å². The smallest absolute Gasteiger partial charge is 0.411 e. The molecule has 1 aromatic carbocycles. The zero-order chi connectivity index (χ0) is 17.7. The summed E-state index contributed by atoms with van der Waals surface area (Å²) in [6.07, 6.45) is 5.18. The summed E-state index contributed by atoms with van der Waals surface area (Å²) < 4.78 is 10.3. The molecule has 2 atom stereocenters. The first-order valence-electron chi connectivity index (χ1n) is 8.76. The summed E-state index contributed by atoms with van der Waals surface area (Å²) in [6, 6.07) is 6.80. The molecule has 4 fully saturated rings. The fraction of sp³-hybridized carbons (Fsp3) is 0.579. The van der Waals surface area contributed by atoms with Crippen LogP contribution in [0, 0.1) is 17.3 Å². The molecule has 6 heteroatoms. The van der Waals surface area contributed by atoms with Crippen LogP contribution in [0.15, 0.2) is 24.3 Å². The quantitative estimate of drug-likeness (QED) is 0.492. The van der Waals surface area contributed by atoms with Crippen LogP contribution < -0.4 is 10.1 Å². The molecule has 0 aromatic heterocycles. The highest BCUT2D eigenvalue weighted by Gasteiger charge is 2.60. The predicted octanol–water partition coefficient (Wildman–Crippen LogP) is 4.35. The molecule has 1 amide bonds. The third-order valence-electron chi connectivity index (χ3n) is 5.90. The maximum Gasteiger partial charge on any atom is 0.411 e. The molecule has 4 bridgehead atoms. The van der Waals surface area contributed by atoms with E-state index in [0.717, 1.165) is 25.7 Å². The number of nitrogens with one attached hydrogen (secondary N) is 1. The summed E-state index contributed by atoms with van der Waals surface area (Å²) in [6.45, 7) is 0. The van der Waals surface area contributed by atoms with Crippen LogP contribution in [0.3, 0.4) is 0 Å². The van der Waals surface area contributed by atoms with Crippen LogP contribution in [0.25, 0.3) is 0 Å². The summed E-state index contributed by atoms with van der Waals surface area (Å²) >= 11 is 6.80. The Morgan fingerprint density at radius 2 is 1.92 bits per heavy atom. The van der Waals surface area contributed by atoms with E-state index in [1.54, 1.807) is 24.3 Å². The Labute approximate surface area is 152 Å². The van der Waals surface area contributed by atoms with Gasteiger partial charge >= 0.3 is 12.1 Å². The Hall–Kier alpha value is -1.75. The van der Waals surface area contributed by atoms with Gasteiger partial charge < -0.3 is 9.47 Å². The second-order valence-corrected chi connectivity index (χ2v) is 8.73. The highest BCUT2D eigenvalue weighted by atomic mass is 35.5. The summed E-state index contributed by atoms with van der Waals surface area (Å²) in [5.74, 6) is 1.33. The van der Waals surface area contributed by atoms with E-state index in [1.807, 2.05) is 0 Å². The van der Waals surface area contributed by atoms with Crippen molar-refractivity contribution in [3.63, 3.8) is 0 Å². The number of carbonyl (C=O) groups is 2. The van der Waals surface area contributed by atoms with Gasteiger partial charge in [0.05, 0.1) is 12.5 Å². The van der Waals surface area contributed by atoms with Gasteiger partial charge in [0.15, 0.2) is 0 Å². The number of halogens is 1. The molecule has 25 heavy (non-hydrogen) atoms. The molecule has 134 valence electrons. The molecular formula is C19H22ClNO4. The van der Waals surface area contributed by atoms with Crippen molar-refractivity contribution < 1.29 is 19.1 Å². The zero-order valence-corrected chi connectivity index (χ0v) is 15.0. The Bertz CT molecular complexity index is 705. The number of alkyl halides is 1. The van der Waals surface area contributed by atoms with Crippen molar-refractivity contribution in [2.45, 2.75) is 43.4 Å². The monoisotopic (exact) mass is 363 g/mol. The molecule has 4 saturated carbocycles. The van der Waals surface area contributed by atoms with Crippen molar-refractivity contribution in [1.29, 1.82) is 0 Å². The van der Waals surface area contributed by atoms with Gasteiger partial charge in [-0.15, -0.1) is 11.6 Å². The number of carbonyl (C=O) groups excluding carboxylic acids is 2. The van der Waals surface area contributed by atoms with Crippen LogP contribution in [0.4, 0.5) is 10.5 Å². The van der Waals surface area contributed by atoms with Gasteiger partial charge in [0.25, 0.3) is 0 Å². The molecule has 4 aliphatic rings. The maximum atomic E-state index is 13.0. The summed E-state index contributed by atoms with van der Waals surface area (Å²) in [5, 5.41) is 2.57. The molecule has 1 aromatic rings. The molecular weight excluding hydrogens is 342 g/mol. The molecule has 5 nitrogen and oxygen atoms in total. The van der Waals surface area contributed by atoms with E-state index in [2.05, 4.69) is 10.1 Å². The molecule has 1 N–H and O–H groups in total. The molecule has 0 heterocycles. The number of benzene rings is 1. The minimum atomic E-state index is -0.561. The number of rotatable bonds is 3. The van der Waals surface area contributed by atoms with Crippen molar-refractivity contribution in [3.8, 4) is 5.75 Å². The lowest BCUT2D eigenvalue weighted by Gasteiger charge is -2.58.